The van der Waals surface area contributed by atoms with E-state index in [1.54, 1.807) is 31.4 Å². The van der Waals surface area contributed by atoms with Crippen LogP contribution in [0.25, 0.3) is 0 Å². The number of nitrogens with zero attached hydrogens (tertiary/aromatic N) is 2. The van der Waals surface area contributed by atoms with Gasteiger partial charge in [-0.2, -0.15) is 5.10 Å². The Balaban J connectivity index is 1.72. The number of methoxy groups -OCH3 is 1. The number of carbonyl (C=O) groups is 2. The highest BCUT2D eigenvalue weighted by molar-refractivity contribution is 9.10. The Bertz CT molecular complexity index is 1020. The number of aromatic nitrogens is 2. The number of halogens is 1. The topological polar surface area (TPSA) is 82.5 Å². The molecular weight excluding hydrogens is 426 g/mol. The first-order valence-corrected chi connectivity index (χ1v) is 9.17. The molecule has 0 atom stereocenters. The second-order valence-corrected chi connectivity index (χ2v) is 6.78. The molecule has 7 nitrogen and oxygen atoms in total. The molecule has 0 aliphatic heterocycles. The van der Waals surface area contributed by atoms with Gasteiger partial charge in [-0.1, -0.05) is 24.3 Å². The van der Waals surface area contributed by atoms with Crippen LogP contribution in [0.15, 0.2) is 59.2 Å². The van der Waals surface area contributed by atoms with Crippen molar-refractivity contribution >= 4 is 33.5 Å². The van der Waals surface area contributed by atoms with Gasteiger partial charge in [0.15, 0.2) is 5.69 Å². The predicted molar refractivity (Wildman–Crippen MR) is 107 cm³/mol. The summed E-state index contributed by atoms with van der Waals surface area (Å²) in [5.41, 5.74) is 1.61. The molecule has 144 valence electrons. The molecule has 0 saturated carbocycles. The average Bonchev–Trinajstić information content (AvgIpc) is 3.07. The second-order valence-electron chi connectivity index (χ2n) is 5.93. The summed E-state index contributed by atoms with van der Waals surface area (Å²) in [6, 6.07) is 14.6. The van der Waals surface area contributed by atoms with Crippen LogP contribution in [0.4, 0.5) is 5.69 Å². The average molecular weight is 444 g/mol. The van der Waals surface area contributed by atoms with Gasteiger partial charge in [0.1, 0.15) is 12.4 Å². The molecule has 0 fully saturated rings. The van der Waals surface area contributed by atoms with Crippen molar-refractivity contribution in [3.8, 4) is 5.75 Å². The first kappa shape index (κ1) is 19.6. The predicted octanol–water partition coefficient (Wildman–Crippen LogP) is 3.80. The molecule has 0 radical (unpaired) electrons. The molecule has 3 rings (SSSR count). The van der Waals surface area contributed by atoms with Crippen molar-refractivity contribution in [1.82, 2.24) is 9.78 Å². The Morgan fingerprint density at radius 3 is 2.71 bits per heavy atom. The van der Waals surface area contributed by atoms with Crippen molar-refractivity contribution in [2.24, 2.45) is 7.05 Å². The summed E-state index contributed by atoms with van der Waals surface area (Å²) >= 11 is 3.44. The number of carbonyl (C=O) groups excluding carboxylic acids is 2. The van der Waals surface area contributed by atoms with E-state index < -0.39 is 5.97 Å². The standard InChI is InChI=1S/C20H18BrN3O4/c1-24-11-16(18(23-24)20(26)27-2)22-19(25)14-7-5-6-13(10-14)12-28-17-9-4-3-8-15(17)21/h3-11H,12H2,1-2H3,(H,22,25). The summed E-state index contributed by atoms with van der Waals surface area (Å²) < 4.78 is 12.8. The van der Waals surface area contributed by atoms with Gasteiger partial charge in [0.05, 0.1) is 17.3 Å². The van der Waals surface area contributed by atoms with Crippen LogP contribution in [-0.2, 0) is 18.4 Å². The van der Waals surface area contributed by atoms with Gasteiger partial charge < -0.3 is 14.8 Å². The number of hydrogen-bond donors (Lipinski definition) is 1. The monoisotopic (exact) mass is 443 g/mol. The van der Waals surface area contributed by atoms with Crippen LogP contribution >= 0.6 is 15.9 Å². The molecule has 0 saturated heterocycles. The lowest BCUT2D eigenvalue weighted by molar-refractivity contribution is 0.0594. The molecule has 0 aliphatic rings. The third-order valence-electron chi connectivity index (χ3n) is 3.88. The Hall–Kier alpha value is -3.13. The lowest BCUT2D eigenvalue weighted by atomic mass is 10.1. The minimum Gasteiger partial charge on any atom is -0.488 e. The zero-order chi connectivity index (χ0) is 20.1. The van der Waals surface area contributed by atoms with Crippen molar-refractivity contribution in [3.63, 3.8) is 0 Å². The van der Waals surface area contributed by atoms with Crippen molar-refractivity contribution in [3.05, 3.63) is 76.0 Å². The second kappa shape index (κ2) is 8.71. The Morgan fingerprint density at radius 2 is 1.96 bits per heavy atom. The number of rotatable bonds is 6. The molecule has 1 heterocycles. The van der Waals surface area contributed by atoms with E-state index in [1.165, 1.54) is 11.8 Å². The fraction of sp³-hybridized carbons (Fsp3) is 0.150. The smallest absolute Gasteiger partial charge is 0.360 e. The third-order valence-corrected chi connectivity index (χ3v) is 4.53. The number of amides is 1. The highest BCUT2D eigenvalue weighted by atomic mass is 79.9. The van der Waals surface area contributed by atoms with Gasteiger partial charge in [-0.25, -0.2) is 4.79 Å². The summed E-state index contributed by atoms with van der Waals surface area (Å²) in [7, 11) is 2.92. The molecule has 1 N–H and O–H groups in total. The number of nitrogens with one attached hydrogen (secondary N) is 1. The van der Waals surface area contributed by atoms with Crippen LogP contribution in [0.2, 0.25) is 0 Å². The highest BCUT2D eigenvalue weighted by Gasteiger charge is 2.19. The minimum atomic E-state index is -0.619. The lowest BCUT2D eigenvalue weighted by Crippen LogP contribution is -2.15. The van der Waals surface area contributed by atoms with Gasteiger partial charge >= 0.3 is 5.97 Å². The van der Waals surface area contributed by atoms with Crippen LogP contribution in [-0.4, -0.2) is 28.8 Å². The van der Waals surface area contributed by atoms with E-state index in [0.29, 0.717) is 12.2 Å². The van der Waals surface area contributed by atoms with E-state index in [4.69, 9.17) is 9.47 Å². The number of anilines is 1. The van der Waals surface area contributed by atoms with Crippen LogP contribution in [0, 0.1) is 0 Å². The molecule has 2 aromatic carbocycles. The summed E-state index contributed by atoms with van der Waals surface area (Å²) in [6.45, 7) is 0.310. The Morgan fingerprint density at radius 1 is 1.18 bits per heavy atom. The van der Waals surface area contributed by atoms with E-state index in [1.807, 2.05) is 30.3 Å². The van der Waals surface area contributed by atoms with Crippen molar-refractivity contribution in [1.29, 1.82) is 0 Å². The number of hydrogen-bond acceptors (Lipinski definition) is 5. The Kier molecular flexibility index (Phi) is 6.10. The normalized spacial score (nSPS) is 10.4. The van der Waals surface area contributed by atoms with Gasteiger partial charge in [0.2, 0.25) is 0 Å². The maximum atomic E-state index is 12.6. The molecule has 1 aromatic heterocycles. The molecule has 0 unspecified atom stereocenters. The van der Waals surface area contributed by atoms with Crippen molar-refractivity contribution in [2.45, 2.75) is 6.61 Å². The molecule has 0 spiro atoms. The summed E-state index contributed by atoms with van der Waals surface area (Å²) in [5.74, 6) is -0.261. The minimum absolute atomic E-state index is 0.0479. The Labute approximate surface area is 170 Å². The molecular formula is C20H18BrN3O4. The third kappa shape index (κ3) is 4.58. The number of benzene rings is 2. The summed E-state index contributed by atoms with van der Waals surface area (Å²) in [6.07, 6.45) is 1.55. The first-order chi connectivity index (χ1) is 13.5. The van der Waals surface area contributed by atoms with Gasteiger partial charge in [-0.05, 0) is 45.8 Å². The molecule has 3 aromatic rings. The molecule has 0 bridgehead atoms. The largest absolute Gasteiger partial charge is 0.488 e. The van der Waals surface area contributed by atoms with Gasteiger partial charge in [0.25, 0.3) is 5.91 Å². The van der Waals surface area contributed by atoms with E-state index >= 15 is 0 Å². The fourth-order valence-electron chi connectivity index (χ4n) is 2.55. The highest BCUT2D eigenvalue weighted by Crippen LogP contribution is 2.25. The number of ether oxygens (including phenoxy) is 2. The van der Waals surface area contributed by atoms with Crippen molar-refractivity contribution in [2.75, 3.05) is 12.4 Å². The number of para-hydroxylation sites is 1. The molecule has 1 amide bonds. The van der Waals surface area contributed by atoms with Crippen LogP contribution in [0.3, 0.4) is 0 Å². The van der Waals surface area contributed by atoms with Crippen molar-refractivity contribution < 1.29 is 19.1 Å². The van der Waals surface area contributed by atoms with E-state index in [9.17, 15) is 9.59 Å². The van der Waals surface area contributed by atoms with Crippen LogP contribution in [0.5, 0.6) is 5.75 Å². The maximum Gasteiger partial charge on any atom is 0.360 e. The quantitative estimate of drug-likeness (QED) is 0.585. The zero-order valence-corrected chi connectivity index (χ0v) is 16.9. The van der Waals surface area contributed by atoms with Gasteiger partial charge in [0, 0.05) is 18.8 Å². The maximum absolute atomic E-state index is 12.6. The van der Waals surface area contributed by atoms with Crippen LogP contribution in [0.1, 0.15) is 26.4 Å². The first-order valence-electron chi connectivity index (χ1n) is 8.37. The lowest BCUT2D eigenvalue weighted by Gasteiger charge is -2.09. The van der Waals surface area contributed by atoms with Gasteiger partial charge in [-0.3, -0.25) is 9.48 Å². The van der Waals surface area contributed by atoms with Crippen LogP contribution < -0.4 is 10.1 Å². The van der Waals surface area contributed by atoms with E-state index in [-0.39, 0.29) is 17.3 Å². The fourth-order valence-corrected chi connectivity index (χ4v) is 2.95. The zero-order valence-electron chi connectivity index (χ0n) is 15.3. The molecule has 8 heteroatoms. The molecule has 0 aliphatic carbocycles. The summed E-state index contributed by atoms with van der Waals surface area (Å²) in [5, 5.41) is 6.72. The van der Waals surface area contributed by atoms with E-state index in [0.717, 1.165) is 15.8 Å². The van der Waals surface area contributed by atoms with E-state index in [2.05, 4.69) is 26.3 Å². The molecule has 28 heavy (non-hydrogen) atoms. The van der Waals surface area contributed by atoms with Gasteiger partial charge in [-0.15, -0.1) is 0 Å². The SMILES string of the molecule is COC(=O)c1nn(C)cc1NC(=O)c1cccc(COc2ccccc2Br)c1. The number of esters is 1. The summed E-state index contributed by atoms with van der Waals surface area (Å²) in [4.78, 5) is 24.4. The number of aryl methyl sites for hydroxylation is 1.